The summed E-state index contributed by atoms with van der Waals surface area (Å²) in [6.45, 7) is 1.18. The summed E-state index contributed by atoms with van der Waals surface area (Å²) in [6.07, 6.45) is 2.74. The molecule has 0 N–H and O–H groups in total. The lowest BCUT2D eigenvalue weighted by atomic mass is 10.1. The SMILES string of the molecule is CN(C)C(=O)N1CC[C@@H]2[C@@H]1CCN2S(C)(=O)=O. The van der Waals surface area contributed by atoms with E-state index < -0.39 is 10.0 Å². The van der Waals surface area contributed by atoms with Crippen molar-refractivity contribution in [3.05, 3.63) is 0 Å². The number of hydrogen-bond acceptors (Lipinski definition) is 3. The van der Waals surface area contributed by atoms with Crippen LogP contribution in [0.4, 0.5) is 4.79 Å². The number of carbonyl (C=O) groups is 1. The molecule has 0 bridgehead atoms. The van der Waals surface area contributed by atoms with Crippen molar-refractivity contribution in [2.24, 2.45) is 0 Å². The zero-order valence-corrected chi connectivity index (χ0v) is 11.3. The van der Waals surface area contributed by atoms with Gasteiger partial charge in [0.25, 0.3) is 0 Å². The first-order valence-electron chi connectivity index (χ1n) is 5.77. The number of amides is 2. The molecule has 2 aliphatic heterocycles. The zero-order chi connectivity index (χ0) is 12.8. The van der Waals surface area contributed by atoms with E-state index in [4.69, 9.17) is 0 Å². The van der Waals surface area contributed by atoms with E-state index >= 15 is 0 Å². The Bertz CT molecular complexity index is 421. The van der Waals surface area contributed by atoms with Gasteiger partial charge in [0.2, 0.25) is 10.0 Å². The topological polar surface area (TPSA) is 60.9 Å². The average molecular weight is 261 g/mol. The van der Waals surface area contributed by atoms with E-state index in [1.54, 1.807) is 28.2 Å². The van der Waals surface area contributed by atoms with E-state index in [2.05, 4.69) is 0 Å². The van der Waals surface area contributed by atoms with Crippen LogP contribution in [0.5, 0.6) is 0 Å². The lowest BCUT2D eigenvalue weighted by Crippen LogP contribution is -2.44. The summed E-state index contributed by atoms with van der Waals surface area (Å²) in [5.74, 6) is 0. The molecule has 2 saturated heterocycles. The summed E-state index contributed by atoms with van der Waals surface area (Å²) in [4.78, 5) is 15.3. The molecule has 2 aliphatic rings. The highest BCUT2D eigenvalue weighted by Crippen LogP contribution is 2.33. The van der Waals surface area contributed by atoms with E-state index in [9.17, 15) is 13.2 Å². The van der Waals surface area contributed by atoms with Crippen molar-refractivity contribution in [1.82, 2.24) is 14.1 Å². The third-order valence-electron chi connectivity index (χ3n) is 3.58. The number of urea groups is 1. The number of rotatable bonds is 1. The van der Waals surface area contributed by atoms with Crippen LogP contribution in [0.15, 0.2) is 0 Å². The lowest BCUT2D eigenvalue weighted by Gasteiger charge is -2.27. The monoisotopic (exact) mass is 261 g/mol. The van der Waals surface area contributed by atoms with Crippen molar-refractivity contribution in [1.29, 1.82) is 0 Å². The summed E-state index contributed by atoms with van der Waals surface area (Å²) in [5, 5.41) is 0. The lowest BCUT2D eigenvalue weighted by molar-refractivity contribution is 0.165. The molecule has 98 valence electrons. The van der Waals surface area contributed by atoms with Gasteiger partial charge in [0.15, 0.2) is 0 Å². The van der Waals surface area contributed by atoms with Gasteiger partial charge in [-0.2, -0.15) is 4.31 Å². The summed E-state index contributed by atoms with van der Waals surface area (Å²) in [6, 6.07) is 0.0152. The van der Waals surface area contributed by atoms with Crippen molar-refractivity contribution >= 4 is 16.1 Å². The van der Waals surface area contributed by atoms with Gasteiger partial charge in [0.1, 0.15) is 0 Å². The molecule has 0 unspecified atom stereocenters. The second kappa shape index (κ2) is 4.13. The standard InChI is InChI=1S/C10H19N3O3S/c1-11(2)10(14)12-6-4-9-8(12)5-7-13(9)17(3,15)16/h8-9H,4-7H2,1-3H3/t8-,9+/m0/s1. The minimum atomic E-state index is -3.14. The molecule has 0 aromatic carbocycles. The van der Waals surface area contributed by atoms with Gasteiger partial charge >= 0.3 is 6.03 Å². The Kier molecular flexibility index (Phi) is 3.07. The second-order valence-electron chi connectivity index (χ2n) is 4.96. The molecule has 0 aromatic heterocycles. The highest BCUT2D eigenvalue weighted by Gasteiger charge is 2.47. The Morgan fingerprint density at radius 3 is 2.29 bits per heavy atom. The molecule has 2 amide bonds. The highest BCUT2D eigenvalue weighted by atomic mass is 32.2. The quantitative estimate of drug-likeness (QED) is 0.655. The zero-order valence-electron chi connectivity index (χ0n) is 10.5. The van der Waals surface area contributed by atoms with Crippen LogP contribution in [0.1, 0.15) is 12.8 Å². The van der Waals surface area contributed by atoms with Crippen LogP contribution in [0.2, 0.25) is 0 Å². The van der Waals surface area contributed by atoms with Crippen LogP contribution < -0.4 is 0 Å². The summed E-state index contributed by atoms with van der Waals surface area (Å²) >= 11 is 0. The van der Waals surface area contributed by atoms with Crippen molar-refractivity contribution in [2.45, 2.75) is 24.9 Å². The van der Waals surface area contributed by atoms with Crippen LogP contribution in [0.25, 0.3) is 0 Å². The van der Waals surface area contributed by atoms with Gasteiger partial charge in [-0.15, -0.1) is 0 Å². The smallest absolute Gasteiger partial charge is 0.319 e. The first-order chi connectivity index (χ1) is 7.82. The Morgan fingerprint density at radius 1 is 1.18 bits per heavy atom. The van der Waals surface area contributed by atoms with Gasteiger partial charge < -0.3 is 9.80 Å². The minimum Gasteiger partial charge on any atom is -0.331 e. The summed E-state index contributed by atoms with van der Waals surface area (Å²) in [7, 11) is 0.298. The fourth-order valence-corrected chi connectivity index (χ4v) is 4.03. The maximum atomic E-state index is 11.9. The van der Waals surface area contributed by atoms with Crippen LogP contribution in [-0.2, 0) is 10.0 Å². The van der Waals surface area contributed by atoms with Crippen LogP contribution in [-0.4, -0.2) is 74.1 Å². The molecule has 17 heavy (non-hydrogen) atoms. The van der Waals surface area contributed by atoms with Gasteiger partial charge in [0, 0.05) is 33.2 Å². The van der Waals surface area contributed by atoms with E-state index in [0.717, 1.165) is 12.8 Å². The number of nitrogens with zero attached hydrogens (tertiary/aromatic N) is 3. The first kappa shape index (κ1) is 12.6. The van der Waals surface area contributed by atoms with Crippen LogP contribution in [0.3, 0.4) is 0 Å². The largest absolute Gasteiger partial charge is 0.331 e. The third-order valence-corrected chi connectivity index (χ3v) is 4.88. The molecule has 6 nitrogen and oxygen atoms in total. The Morgan fingerprint density at radius 2 is 1.76 bits per heavy atom. The molecule has 2 heterocycles. The number of hydrogen-bond donors (Lipinski definition) is 0. The van der Waals surface area contributed by atoms with Gasteiger partial charge in [-0.25, -0.2) is 13.2 Å². The third kappa shape index (κ3) is 2.13. The molecule has 2 atom stereocenters. The highest BCUT2D eigenvalue weighted by molar-refractivity contribution is 7.88. The number of sulfonamides is 1. The molecule has 0 aliphatic carbocycles. The van der Waals surface area contributed by atoms with E-state index in [0.29, 0.717) is 13.1 Å². The van der Waals surface area contributed by atoms with E-state index in [1.165, 1.54) is 6.26 Å². The Hall–Kier alpha value is -0.820. The average Bonchev–Trinajstić information content (AvgIpc) is 2.73. The van der Waals surface area contributed by atoms with Crippen molar-refractivity contribution in [3.63, 3.8) is 0 Å². The van der Waals surface area contributed by atoms with Gasteiger partial charge in [-0.05, 0) is 12.8 Å². The van der Waals surface area contributed by atoms with Crippen molar-refractivity contribution in [2.75, 3.05) is 33.4 Å². The summed E-state index contributed by atoms with van der Waals surface area (Å²) in [5.41, 5.74) is 0. The van der Waals surface area contributed by atoms with Crippen LogP contribution >= 0.6 is 0 Å². The molecule has 0 aromatic rings. The molecule has 0 radical (unpaired) electrons. The predicted molar refractivity (Wildman–Crippen MR) is 64.1 cm³/mol. The minimum absolute atomic E-state index is 0.0195. The van der Waals surface area contributed by atoms with Gasteiger partial charge in [-0.1, -0.05) is 0 Å². The van der Waals surface area contributed by atoms with Gasteiger partial charge in [-0.3, -0.25) is 0 Å². The Labute approximate surface area is 102 Å². The molecule has 0 saturated carbocycles. The second-order valence-corrected chi connectivity index (χ2v) is 6.89. The number of likely N-dealkylation sites (tertiary alicyclic amines) is 1. The molecule has 0 spiro atoms. The number of fused-ring (bicyclic) bond motifs is 1. The van der Waals surface area contributed by atoms with Crippen molar-refractivity contribution in [3.8, 4) is 0 Å². The van der Waals surface area contributed by atoms with Crippen LogP contribution in [0, 0.1) is 0 Å². The fourth-order valence-electron chi connectivity index (χ4n) is 2.85. The molecule has 2 fully saturated rings. The normalized spacial score (nSPS) is 29.5. The molecular formula is C10H19N3O3S. The van der Waals surface area contributed by atoms with Crippen molar-refractivity contribution < 1.29 is 13.2 Å². The Balaban J connectivity index is 2.15. The molecular weight excluding hydrogens is 242 g/mol. The first-order valence-corrected chi connectivity index (χ1v) is 7.62. The number of carbonyl (C=O) groups excluding carboxylic acids is 1. The fraction of sp³-hybridized carbons (Fsp3) is 0.900. The maximum Gasteiger partial charge on any atom is 0.319 e. The molecule has 2 rings (SSSR count). The van der Waals surface area contributed by atoms with Gasteiger partial charge in [0.05, 0.1) is 12.3 Å². The molecule has 7 heteroatoms. The van der Waals surface area contributed by atoms with E-state index in [1.807, 2.05) is 0 Å². The maximum absolute atomic E-state index is 11.9. The predicted octanol–water partition coefficient (Wildman–Crippen LogP) is -0.224. The summed E-state index contributed by atoms with van der Waals surface area (Å²) < 4.78 is 24.7. The van der Waals surface area contributed by atoms with E-state index in [-0.39, 0.29) is 18.1 Å².